The SMILES string of the molecule is CC/C=C\c1cc(OCCN2CCC3(CC2)C(=O)Nc2ccc(C(F)F)cc23)cnc1C.CCCC(C)C. The first kappa shape index (κ1) is 29.8. The number of amides is 1. The van der Waals surface area contributed by atoms with Gasteiger partial charge in [0, 0.05) is 23.5 Å². The number of rotatable bonds is 9. The summed E-state index contributed by atoms with van der Waals surface area (Å²) in [6.45, 7) is 13.5. The molecule has 1 saturated heterocycles. The van der Waals surface area contributed by atoms with Crippen molar-refractivity contribution in [1.29, 1.82) is 0 Å². The highest BCUT2D eigenvalue weighted by Gasteiger charge is 2.48. The first-order valence-corrected chi connectivity index (χ1v) is 13.9. The third-order valence-corrected chi connectivity index (χ3v) is 7.38. The Hall–Kier alpha value is -2.80. The summed E-state index contributed by atoms with van der Waals surface area (Å²) in [5, 5.41) is 2.89. The van der Waals surface area contributed by atoms with Gasteiger partial charge < -0.3 is 10.1 Å². The van der Waals surface area contributed by atoms with E-state index in [0.29, 0.717) is 38.2 Å². The number of halogens is 2. The number of pyridine rings is 1. The molecule has 0 saturated carbocycles. The molecule has 208 valence electrons. The number of fused-ring (bicyclic) bond motifs is 2. The predicted molar refractivity (Wildman–Crippen MR) is 151 cm³/mol. The minimum atomic E-state index is -2.54. The van der Waals surface area contributed by atoms with Crippen molar-refractivity contribution in [3.63, 3.8) is 0 Å². The molecule has 1 aromatic carbocycles. The summed E-state index contributed by atoms with van der Waals surface area (Å²) in [7, 11) is 0. The van der Waals surface area contributed by atoms with Crippen LogP contribution in [-0.4, -0.2) is 42.0 Å². The zero-order chi connectivity index (χ0) is 27.7. The van der Waals surface area contributed by atoms with E-state index in [-0.39, 0.29) is 11.5 Å². The van der Waals surface area contributed by atoms with E-state index in [1.807, 2.05) is 13.0 Å². The van der Waals surface area contributed by atoms with Crippen molar-refractivity contribution in [2.24, 2.45) is 5.92 Å². The lowest BCUT2D eigenvalue weighted by atomic mass is 9.73. The molecule has 2 aliphatic heterocycles. The molecule has 2 aromatic rings. The van der Waals surface area contributed by atoms with Crippen LogP contribution in [0.3, 0.4) is 0 Å². The number of hydrogen-bond donors (Lipinski definition) is 1. The second kappa shape index (κ2) is 13.8. The van der Waals surface area contributed by atoms with Crippen LogP contribution in [0, 0.1) is 12.8 Å². The van der Waals surface area contributed by atoms with E-state index in [9.17, 15) is 13.6 Å². The maximum Gasteiger partial charge on any atom is 0.263 e. The maximum atomic E-state index is 13.2. The lowest BCUT2D eigenvalue weighted by molar-refractivity contribution is -0.122. The minimum absolute atomic E-state index is 0.0321. The van der Waals surface area contributed by atoms with Crippen molar-refractivity contribution < 1.29 is 18.3 Å². The van der Waals surface area contributed by atoms with Crippen LogP contribution in [0.4, 0.5) is 14.5 Å². The van der Waals surface area contributed by atoms with Gasteiger partial charge in [0.25, 0.3) is 6.43 Å². The summed E-state index contributed by atoms with van der Waals surface area (Å²) in [6.07, 6.45) is 8.24. The van der Waals surface area contributed by atoms with E-state index in [2.05, 4.69) is 55.0 Å². The number of aromatic nitrogens is 1. The number of piperidine rings is 1. The lowest BCUT2D eigenvalue weighted by Crippen LogP contribution is -2.47. The third-order valence-electron chi connectivity index (χ3n) is 7.38. The Morgan fingerprint density at radius 1 is 1.18 bits per heavy atom. The van der Waals surface area contributed by atoms with Crippen LogP contribution in [0.25, 0.3) is 6.08 Å². The molecule has 1 fully saturated rings. The van der Waals surface area contributed by atoms with Crippen molar-refractivity contribution in [3.8, 4) is 5.75 Å². The van der Waals surface area contributed by atoms with Crippen LogP contribution in [0.15, 0.2) is 36.5 Å². The quantitative estimate of drug-likeness (QED) is 0.366. The van der Waals surface area contributed by atoms with Crippen molar-refractivity contribution in [2.75, 3.05) is 31.6 Å². The molecule has 4 rings (SSSR count). The van der Waals surface area contributed by atoms with E-state index in [1.54, 1.807) is 12.3 Å². The molecule has 0 atom stereocenters. The van der Waals surface area contributed by atoms with E-state index in [4.69, 9.17) is 4.74 Å². The second-order valence-electron chi connectivity index (χ2n) is 10.7. The molecule has 0 radical (unpaired) electrons. The molecule has 1 N–H and O–H groups in total. The Bertz CT molecular complexity index is 1090. The van der Waals surface area contributed by atoms with Gasteiger partial charge in [0.2, 0.25) is 5.91 Å². The number of likely N-dealkylation sites (tertiary alicyclic amines) is 1. The topological polar surface area (TPSA) is 54.5 Å². The highest BCUT2D eigenvalue weighted by molar-refractivity contribution is 6.06. The average Bonchev–Trinajstić information content (AvgIpc) is 3.15. The Morgan fingerprint density at radius 3 is 2.53 bits per heavy atom. The number of ether oxygens (including phenoxy) is 1. The Balaban J connectivity index is 0.000000599. The molecule has 0 bridgehead atoms. The van der Waals surface area contributed by atoms with E-state index in [0.717, 1.165) is 41.5 Å². The first-order valence-electron chi connectivity index (χ1n) is 13.9. The molecule has 3 heterocycles. The molecule has 2 aliphatic rings. The lowest BCUT2D eigenvalue weighted by Gasteiger charge is -2.38. The van der Waals surface area contributed by atoms with Gasteiger partial charge >= 0.3 is 0 Å². The monoisotopic (exact) mass is 527 g/mol. The van der Waals surface area contributed by atoms with Gasteiger partial charge in [-0.05, 0) is 74.5 Å². The van der Waals surface area contributed by atoms with Gasteiger partial charge in [-0.3, -0.25) is 14.7 Å². The minimum Gasteiger partial charge on any atom is -0.491 e. The normalized spacial score (nSPS) is 16.6. The molecule has 1 amide bonds. The number of carbonyl (C=O) groups is 1. The van der Waals surface area contributed by atoms with Gasteiger partial charge in [-0.25, -0.2) is 8.78 Å². The van der Waals surface area contributed by atoms with Crippen LogP contribution in [0.5, 0.6) is 5.75 Å². The fourth-order valence-corrected chi connectivity index (χ4v) is 5.11. The number of carbonyl (C=O) groups excluding carboxylic acids is 1. The molecule has 38 heavy (non-hydrogen) atoms. The summed E-state index contributed by atoms with van der Waals surface area (Å²) in [5.74, 6) is 1.56. The summed E-state index contributed by atoms with van der Waals surface area (Å²) >= 11 is 0. The first-order chi connectivity index (χ1) is 18.2. The number of nitrogens with zero attached hydrogens (tertiary/aromatic N) is 2. The van der Waals surface area contributed by atoms with Gasteiger partial charge in [0.15, 0.2) is 0 Å². The number of anilines is 1. The van der Waals surface area contributed by atoms with Crippen molar-refractivity contribution >= 4 is 17.7 Å². The van der Waals surface area contributed by atoms with Crippen LogP contribution in [0.1, 0.15) is 88.6 Å². The highest BCUT2D eigenvalue weighted by atomic mass is 19.3. The number of aryl methyl sites for hydroxylation is 1. The second-order valence-corrected chi connectivity index (χ2v) is 10.7. The number of nitrogens with one attached hydrogen (secondary N) is 1. The molecule has 0 aliphatic carbocycles. The van der Waals surface area contributed by atoms with Crippen molar-refractivity contribution in [1.82, 2.24) is 9.88 Å². The summed E-state index contributed by atoms with van der Waals surface area (Å²) in [5.41, 5.74) is 2.66. The fourth-order valence-electron chi connectivity index (χ4n) is 5.11. The number of alkyl halides is 2. The average molecular weight is 528 g/mol. The standard InChI is InChI=1S/C25H29F2N3O2.C6H14/c1-3-4-5-18-14-20(16-28-17(18)2)32-13-12-30-10-8-25(9-11-30)21-15-19(23(26)27)6-7-22(21)29-24(25)31;1-4-5-6(2)3/h4-7,14-16,23H,3,8-13H2,1-2H3,(H,29,31);6H,4-5H2,1-3H3/b5-4-;. The molecule has 1 spiro atoms. The van der Waals surface area contributed by atoms with Crippen LogP contribution >= 0.6 is 0 Å². The zero-order valence-corrected chi connectivity index (χ0v) is 23.5. The number of benzene rings is 1. The molecule has 5 nitrogen and oxygen atoms in total. The van der Waals surface area contributed by atoms with E-state index in [1.165, 1.54) is 25.0 Å². The maximum absolute atomic E-state index is 13.2. The van der Waals surface area contributed by atoms with Crippen LogP contribution in [-0.2, 0) is 10.2 Å². The van der Waals surface area contributed by atoms with Gasteiger partial charge in [-0.2, -0.15) is 0 Å². The zero-order valence-electron chi connectivity index (χ0n) is 23.5. The fraction of sp³-hybridized carbons (Fsp3) is 0.548. The number of hydrogen-bond acceptors (Lipinski definition) is 4. The van der Waals surface area contributed by atoms with Crippen molar-refractivity contribution in [3.05, 3.63) is 58.9 Å². The van der Waals surface area contributed by atoms with Crippen molar-refractivity contribution in [2.45, 2.75) is 78.6 Å². The molecule has 0 unspecified atom stereocenters. The van der Waals surface area contributed by atoms with Gasteiger partial charge in [-0.1, -0.05) is 58.8 Å². The number of allylic oxidation sites excluding steroid dienone is 1. The Kier molecular flexibility index (Phi) is 10.8. The highest BCUT2D eigenvalue weighted by Crippen LogP contribution is 2.46. The molecular formula is C31H43F2N3O2. The van der Waals surface area contributed by atoms with E-state index < -0.39 is 11.8 Å². The largest absolute Gasteiger partial charge is 0.491 e. The summed E-state index contributed by atoms with van der Waals surface area (Å²) < 4.78 is 32.3. The summed E-state index contributed by atoms with van der Waals surface area (Å²) in [6, 6.07) is 6.49. The molecule has 1 aromatic heterocycles. The van der Waals surface area contributed by atoms with Gasteiger partial charge in [0.05, 0.1) is 11.6 Å². The van der Waals surface area contributed by atoms with Crippen LogP contribution in [0.2, 0.25) is 0 Å². The Labute approximate surface area is 226 Å². The smallest absolute Gasteiger partial charge is 0.263 e. The molecular weight excluding hydrogens is 484 g/mol. The van der Waals surface area contributed by atoms with Gasteiger partial charge in [0.1, 0.15) is 12.4 Å². The summed E-state index contributed by atoms with van der Waals surface area (Å²) in [4.78, 5) is 19.4. The third kappa shape index (κ3) is 7.40. The van der Waals surface area contributed by atoms with Crippen LogP contribution < -0.4 is 10.1 Å². The van der Waals surface area contributed by atoms with Gasteiger partial charge in [-0.15, -0.1) is 0 Å². The Morgan fingerprint density at radius 2 is 1.92 bits per heavy atom. The molecule has 7 heteroatoms. The predicted octanol–water partition coefficient (Wildman–Crippen LogP) is 7.56. The van der Waals surface area contributed by atoms with E-state index >= 15 is 0 Å².